The molecule has 3 rings (SSSR count). The van der Waals surface area contributed by atoms with E-state index in [1.165, 1.54) is 22.9 Å². The lowest BCUT2D eigenvalue weighted by Gasteiger charge is -2.25. The molecule has 96 valence electrons. The Balaban J connectivity index is 1.64. The standard InChI is InChI=1S/C14H17ClN2S/c15-11-3-1-10(2-4-11)9-17-14-12-6-8-18-13(12)5-7-16-14/h5-8,10-11H,1-4,9H2,(H,16,17). The number of nitrogens with zero attached hydrogens (tertiary/aromatic N) is 1. The Kier molecular flexibility index (Phi) is 3.71. The maximum atomic E-state index is 6.13. The van der Waals surface area contributed by atoms with Crippen LogP contribution in [0.2, 0.25) is 0 Å². The molecule has 0 unspecified atom stereocenters. The van der Waals surface area contributed by atoms with Gasteiger partial charge in [0, 0.05) is 28.2 Å². The van der Waals surface area contributed by atoms with Gasteiger partial charge in [-0.3, -0.25) is 0 Å². The molecular weight excluding hydrogens is 264 g/mol. The van der Waals surface area contributed by atoms with Crippen molar-refractivity contribution in [3.8, 4) is 0 Å². The fraction of sp³-hybridized carbons (Fsp3) is 0.500. The molecule has 0 aromatic carbocycles. The first-order valence-corrected chi connectivity index (χ1v) is 7.84. The molecule has 0 aliphatic heterocycles. The van der Waals surface area contributed by atoms with E-state index < -0.39 is 0 Å². The van der Waals surface area contributed by atoms with Crippen molar-refractivity contribution in [2.24, 2.45) is 5.92 Å². The summed E-state index contributed by atoms with van der Waals surface area (Å²) in [5.74, 6) is 1.78. The zero-order valence-electron chi connectivity index (χ0n) is 10.2. The third-order valence-electron chi connectivity index (χ3n) is 3.71. The van der Waals surface area contributed by atoms with Crippen LogP contribution in [0.15, 0.2) is 23.7 Å². The van der Waals surface area contributed by atoms with Crippen molar-refractivity contribution in [3.05, 3.63) is 23.7 Å². The molecule has 1 fully saturated rings. The van der Waals surface area contributed by atoms with E-state index in [1.54, 1.807) is 11.3 Å². The molecule has 2 aromatic rings. The monoisotopic (exact) mass is 280 g/mol. The van der Waals surface area contributed by atoms with Crippen LogP contribution < -0.4 is 5.32 Å². The van der Waals surface area contributed by atoms with Gasteiger partial charge in [-0.15, -0.1) is 22.9 Å². The topological polar surface area (TPSA) is 24.9 Å². The van der Waals surface area contributed by atoms with Crippen molar-refractivity contribution < 1.29 is 0 Å². The number of thiophene rings is 1. The van der Waals surface area contributed by atoms with Gasteiger partial charge in [0.25, 0.3) is 0 Å². The Morgan fingerprint density at radius 1 is 1.28 bits per heavy atom. The highest BCUT2D eigenvalue weighted by Gasteiger charge is 2.19. The first kappa shape index (κ1) is 12.2. The number of alkyl halides is 1. The number of hydrogen-bond acceptors (Lipinski definition) is 3. The predicted molar refractivity (Wildman–Crippen MR) is 79.7 cm³/mol. The molecule has 0 bridgehead atoms. The van der Waals surface area contributed by atoms with Crippen molar-refractivity contribution in [1.82, 2.24) is 4.98 Å². The number of anilines is 1. The lowest BCUT2D eigenvalue weighted by molar-refractivity contribution is 0.378. The zero-order valence-corrected chi connectivity index (χ0v) is 11.8. The molecule has 2 nitrogen and oxygen atoms in total. The molecule has 0 radical (unpaired) electrons. The maximum absolute atomic E-state index is 6.13. The summed E-state index contributed by atoms with van der Waals surface area (Å²) in [5, 5.41) is 7.28. The molecule has 1 aliphatic carbocycles. The molecule has 1 N–H and O–H groups in total. The minimum absolute atomic E-state index is 0.402. The molecule has 0 atom stereocenters. The Hall–Kier alpha value is -0.800. The summed E-state index contributed by atoms with van der Waals surface area (Å²) in [5.41, 5.74) is 0. The van der Waals surface area contributed by atoms with Crippen LogP contribution in [-0.2, 0) is 0 Å². The predicted octanol–water partition coefficient (Wildman–Crippen LogP) is 4.51. The Bertz CT molecular complexity index is 517. The molecule has 0 amide bonds. The van der Waals surface area contributed by atoms with Gasteiger partial charge in [0.05, 0.1) is 0 Å². The van der Waals surface area contributed by atoms with Crippen LogP contribution in [-0.4, -0.2) is 16.9 Å². The average Bonchev–Trinajstić information content (AvgIpc) is 2.87. The normalized spacial score (nSPS) is 24.3. The maximum Gasteiger partial charge on any atom is 0.134 e. The molecular formula is C14H17ClN2S. The van der Waals surface area contributed by atoms with E-state index >= 15 is 0 Å². The van der Waals surface area contributed by atoms with Crippen LogP contribution >= 0.6 is 22.9 Å². The summed E-state index contributed by atoms with van der Waals surface area (Å²) < 4.78 is 1.30. The molecule has 18 heavy (non-hydrogen) atoms. The SMILES string of the molecule is ClC1CCC(CNc2nccc3sccc23)CC1. The van der Waals surface area contributed by atoms with E-state index in [0.29, 0.717) is 5.38 Å². The van der Waals surface area contributed by atoms with Crippen LogP contribution in [0.5, 0.6) is 0 Å². The van der Waals surface area contributed by atoms with Crippen molar-refractivity contribution in [1.29, 1.82) is 0 Å². The number of aromatic nitrogens is 1. The number of nitrogens with one attached hydrogen (secondary N) is 1. The minimum atomic E-state index is 0.402. The highest BCUT2D eigenvalue weighted by Crippen LogP contribution is 2.29. The molecule has 0 spiro atoms. The fourth-order valence-electron chi connectivity index (χ4n) is 2.60. The van der Waals surface area contributed by atoms with Gasteiger partial charge in [-0.2, -0.15) is 0 Å². The van der Waals surface area contributed by atoms with Gasteiger partial charge in [-0.25, -0.2) is 4.98 Å². The molecule has 0 saturated heterocycles. The van der Waals surface area contributed by atoms with Crippen molar-refractivity contribution in [3.63, 3.8) is 0 Å². The molecule has 1 aliphatic rings. The van der Waals surface area contributed by atoms with Gasteiger partial charge in [0.15, 0.2) is 0 Å². The van der Waals surface area contributed by atoms with Gasteiger partial charge in [0.2, 0.25) is 0 Å². The highest BCUT2D eigenvalue weighted by atomic mass is 35.5. The number of pyridine rings is 1. The molecule has 2 heterocycles. The summed E-state index contributed by atoms with van der Waals surface area (Å²) in [6.45, 7) is 1.02. The number of rotatable bonds is 3. The van der Waals surface area contributed by atoms with E-state index in [1.807, 2.05) is 6.20 Å². The summed E-state index contributed by atoms with van der Waals surface area (Å²) in [7, 11) is 0. The third kappa shape index (κ3) is 2.62. The number of fused-ring (bicyclic) bond motifs is 1. The van der Waals surface area contributed by atoms with E-state index in [9.17, 15) is 0 Å². The van der Waals surface area contributed by atoms with Gasteiger partial charge in [-0.05, 0) is 49.1 Å². The second-order valence-electron chi connectivity index (χ2n) is 4.99. The van der Waals surface area contributed by atoms with Crippen LogP contribution in [0.4, 0.5) is 5.82 Å². The lowest BCUT2D eigenvalue weighted by atomic mass is 9.89. The Morgan fingerprint density at radius 3 is 2.94 bits per heavy atom. The summed E-state index contributed by atoms with van der Waals surface area (Å²) >= 11 is 7.90. The van der Waals surface area contributed by atoms with Gasteiger partial charge in [-0.1, -0.05) is 0 Å². The molecule has 2 aromatic heterocycles. The first-order valence-electron chi connectivity index (χ1n) is 6.53. The van der Waals surface area contributed by atoms with Crippen LogP contribution in [0.1, 0.15) is 25.7 Å². The largest absolute Gasteiger partial charge is 0.369 e. The number of halogens is 1. The van der Waals surface area contributed by atoms with E-state index in [4.69, 9.17) is 11.6 Å². The summed E-state index contributed by atoms with van der Waals surface area (Å²) in [4.78, 5) is 4.45. The third-order valence-corrected chi connectivity index (χ3v) is 5.03. The lowest BCUT2D eigenvalue weighted by Crippen LogP contribution is -2.21. The second-order valence-corrected chi connectivity index (χ2v) is 6.56. The molecule has 4 heteroatoms. The van der Waals surface area contributed by atoms with Crippen LogP contribution in [0.3, 0.4) is 0 Å². The molecule has 1 saturated carbocycles. The summed E-state index contributed by atoms with van der Waals surface area (Å²) in [6.07, 6.45) is 6.67. The first-order chi connectivity index (χ1) is 8.83. The number of hydrogen-bond donors (Lipinski definition) is 1. The second kappa shape index (κ2) is 5.45. The average molecular weight is 281 g/mol. The van der Waals surface area contributed by atoms with Crippen molar-refractivity contribution >= 4 is 38.8 Å². The van der Waals surface area contributed by atoms with Crippen LogP contribution in [0, 0.1) is 5.92 Å². The quantitative estimate of drug-likeness (QED) is 0.837. The Morgan fingerprint density at radius 2 is 2.11 bits per heavy atom. The van der Waals surface area contributed by atoms with Gasteiger partial charge >= 0.3 is 0 Å². The van der Waals surface area contributed by atoms with E-state index in [0.717, 1.165) is 31.1 Å². The highest BCUT2D eigenvalue weighted by molar-refractivity contribution is 7.17. The minimum Gasteiger partial charge on any atom is -0.369 e. The van der Waals surface area contributed by atoms with Crippen molar-refractivity contribution in [2.75, 3.05) is 11.9 Å². The Labute approximate surface area is 116 Å². The van der Waals surface area contributed by atoms with E-state index in [-0.39, 0.29) is 0 Å². The smallest absolute Gasteiger partial charge is 0.134 e. The summed E-state index contributed by atoms with van der Waals surface area (Å²) in [6, 6.07) is 4.22. The van der Waals surface area contributed by atoms with Gasteiger partial charge in [0.1, 0.15) is 5.82 Å². The van der Waals surface area contributed by atoms with E-state index in [2.05, 4.69) is 27.8 Å². The van der Waals surface area contributed by atoms with Crippen LogP contribution in [0.25, 0.3) is 10.1 Å². The van der Waals surface area contributed by atoms with Crippen molar-refractivity contribution in [2.45, 2.75) is 31.1 Å². The van der Waals surface area contributed by atoms with Gasteiger partial charge < -0.3 is 5.32 Å². The fourth-order valence-corrected chi connectivity index (χ4v) is 3.64. The zero-order chi connectivity index (χ0) is 12.4.